The number of carboxylic acid groups (broad SMARTS) is 1. The van der Waals surface area contributed by atoms with Gasteiger partial charge in [0, 0.05) is 53.7 Å². The van der Waals surface area contributed by atoms with E-state index in [1.165, 1.54) is 0 Å². The predicted octanol–water partition coefficient (Wildman–Crippen LogP) is 6.93. The van der Waals surface area contributed by atoms with Crippen molar-refractivity contribution < 1.29 is 14.6 Å². The molecule has 0 saturated heterocycles. The molecule has 1 aliphatic heterocycles. The molecule has 0 saturated carbocycles. The van der Waals surface area contributed by atoms with Crippen LogP contribution in [0.25, 0.3) is 22.0 Å². The lowest BCUT2D eigenvalue weighted by molar-refractivity contribution is -0.160. The molecule has 4 aromatic rings. The highest BCUT2D eigenvalue weighted by Gasteiger charge is 2.36. The zero-order valence-corrected chi connectivity index (χ0v) is 22.6. The van der Waals surface area contributed by atoms with E-state index in [1.807, 2.05) is 64.1 Å². The van der Waals surface area contributed by atoms with Crippen molar-refractivity contribution in [2.24, 2.45) is 0 Å². The fraction of sp³-hybridized carbons (Fsp3) is 0.333. The first-order valence-electron chi connectivity index (χ1n) is 12.5. The van der Waals surface area contributed by atoms with Gasteiger partial charge in [-0.05, 0) is 87.2 Å². The van der Waals surface area contributed by atoms with E-state index in [0.29, 0.717) is 17.1 Å². The summed E-state index contributed by atoms with van der Waals surface area (Å²) >= 11 is 6.24. The third-order valence-corrected chi connectivity index (χ3v) is 7.20. The number of carboxylic acids is 1. The number of pyridine rings is 1. The third-order valence-electron chi connectivity index (χ3n) is 6.95. The highest BCUT2D eigenvalue weighted by atomic mass is 35.5. The van der Waals surface area contributed by atoms with Gasteiger partial charge in [0.05, 0.1) is 16.8 Å². The second kappa shape index (κ2) is 9.51. The first-order chi connectivity index (χ1) is 17.5. The largest absolute Gasteiger partial charge is 0.479 e. The van der Waals surface area contributed by atoms with E-state index in [-0.39, 0.29) is 0 Å². The quantitative estimate of drug-likeness (QED) is 0.300. The van der Waals surface area contributed by atoms with Crippen LogP contribution in [0.3, 0.4) is 0 Å². The van der Waals surface area contributed by atoms with Gasteiger partial charge in [0.25, 0.3) is 0 Å². The summed E-state index contributed by atoms with van der Waals surface area (Å²) in [4.78, 5) is 19.3. The van der Waals surface area contributed by atoms with Gasteiger partial charge in [-0.25, -0.2) is 4.79 Å². The molecular formula is C30H32ClN3O3. The standard InChI is InChI=1S/C30H32ClN3O3/c1-18-16-23-25(21-6-8-22(31)9-7-21)24(28(29(35)36)37-30(3,4)5)19(2)26-27(23)34(18)15-14-33(26)17-20-10-12-32-13-11-20/h6-13,16,28H,14-15,17H2,1-5H3,(H,35,36)/t28-/m0/s1. The summed E-state index contributed by atoms with van der Waals surface area (Å²) in [5, 5.41) is 12.1. The SMILES string of the molecule is Cc1c([C@H](OC(C)(C)C)C(=O)O)c(-c2ccc(Cl)cc2)c2cc(C)n3c2c1N(Cc1ccncc1)CC3. The molecule has 7 heteroatoms. The Bertz CT molecular complexity index is 1470. The van der Waals surface area contributed by atoms with Gasteiger partial charge in [-0.1, -0.05) is 23.7 Å². The van der Waals surface area contributed by atoms with Crippen molar-refractivity contribution in [2.45, 2.75) is 59.4 Å². The lowest BCUT2D eigenvalue weighted by atomic mass is 9.87. The summed E-state index contributed by atoms with van der Waals surface area (Å²) in [6.45, 7) is 12.2. The second-order valence-corrected chi connectivity index (χ2v) is 11.1. The Morgan fingerprint density at radius 1 is 1.11 bits per heavy atom. The lowest BCUT2D eigenvalue weighted by Gasteiger charge is -2.36. The molecule has 1 atom stereocenters. The predicted molar refractivity (Wildman–Crippen MR) is 148 cm³/mol. The molecule has 0 aliphatic carbocycles. The Hall–Kier alpha value is -3.35. The van der Waals surface area contributed by atoms with E-state index < -0.39 is 17.7 Å². The van der Waals surface area contributed by atoms with E-state index in [0.717, 1.165) is 57.6 Å². The van der Waals surface area contributed by atoms with Gasteiger partial charge >= 0.3 is 5.97 Å². The van der Waals surface area contributed by atoms with Crippen molar-refractivity contribution in [3.8, 4) is 11.1 Å². The van der Waals surface area contributed by atoms with Gasteiger partial charge < -0.3 is 19.3 Å². The molecule has 0 amide bonds. The molecule has 5 rings (SSSR count). The number of carbonyl (C=O) groups is 1. The van der Waals surface area contributed by atoms with Crippen LogP contribution >= 0.6 is 11.6 Å². The summed E-state index contributed by atoms with van der Waals surface area (Å²) in [5.74, 6) is -1.01. The van der Waals surface area contributed by atoms with Crippen molar-refractivity contribution in [1.82, 2.24) is 9.55 Å². The van der Waals surface area contributed by atoms with Gasteiger partial charge in [-0.3, -0.25) is 4.98 Å². The van der Waals surface area contributed by atoms with Crippen LogP contribution in [-0.4, -0.2) is 32.8 Å². The van der Waals surface area contributed by atoms with Gasteiger partial charge in [0.15, 0.2) is 6.10 Å². The van der Waals surface area contributed by atoms with Gasteiger partial charge in [0.1, 0.15) is 0 Å². The third kappa shape index (κ3) is 4.72. The Balaban J connectivity index is 1.85. The molecule has 0 bridgehead atoms. The number of rotatable bonds is 6. The smallest absolute Gasteiger partial charge is 0.337 e. The van der Waals surface area contributed by atoms with Crippen molar-refractivity contribution in [3.63, 3.8) is 0 Å². The molecule has 3 heterocycles. The zero-order valence-electron chi connectivity index (χ0n) is 21.9. The molecule has 192 valence electrons. The first kappa shape index (κ1) is 25.3. The van der Waals surface area contributed by atoms with Crippen molar-refractivity contribution in [3.05, 3.63) is 82.3 Å². The number of hydrogen-bond acceptors (Lipinski definition) is 4. The topological polar surface area (TPSA) is 67.6 Å². The lowest BCUT2D eigenvalue weighted by Crippen LogP contribution is -2.33. The number of halogens is 1. The Kier molecular flexibility index (Phi) is 6.50. The monoisotopic (exact) mass is 517 g/mol. The van der Waals surface area contributed by atoms with Crippen LogP contribution < -0.4 is 4.90 Å². The van der Waals surface area contributed by atoms with E-state index >= 15 is 0 Å². The number of anilines is 1. The van der Waals surface area contributed by atoms with Crippen molar-refractivity contribution in [2.75, 3.05) is 11.4 Å². The second-order valence-electron chi connectivity index (χ2n) is 10.7. The number of aliphatic carboxylic acids is 1. The van der Waals surface area contributed by atoms with E-state index in [4.69, 9.17) is 16.3 Å². The summed E-state index contributed by atoms with van der Waals surface area (Å²) in [6, 6.07) is 13.8. The number of nitrogens with zero attached hydrogens (tertiary/aromatic N) is 3. The fourth-order valence-electron chi connectivity index (χ4n) is 5.48. The van der Waals surface area contributed by atoms with Crippen LogP contribution in [0.4, 0.5) is 5.69 Å². The van der Waals surface area contributed by atoms with Crippen LogP contribution in [0, 0.1) is 13.8 Å². The number of benzene rings is 2. The summed E-state index contributed by atoms with van der Waals surface area (Å²) in [5.41, 5.74) is 7.24. The molecule has 0 spiro atoms. The number of ether oxygens (including phenoxy) is 1. The van der Waals surface area contributed by atoms with E-state index in [9.17, 15) is 9.90 Å². The van der Waals surface area contributed by atoms with Gasteiger partial charge in [-0.2, -0.15) is 0 Å². The molecule has 0 fully saturated rings. The molecule has 0 unspecified atom stereocenters. The maximum atomic E-state index is 12.8. The Labute approximate surface area is 222 Å². The molecule has 2 aromatic carbocycles. The van der Waals surface area contributed by atoms with Crippen molar-refractivity contribution in [1.29, 1.82) is 0 Å². The van der Waals surface area contributed by atoms with Gasteiger partial charge in [-0.15, -0.1) is 0 Å². The summed E-state index contributed by atoms with van der Waals surface area (Å²) in [6.07, 6.45) is 2.47. The normalized spacial score (nSPS) is 14.3. The van der Waals surface area contributed by atoms with E-state index in [1.54, 1.807) is 12.4 Å². The molecule has 37 heavy (non-hydrogen) atoms. The molecular weight excluding hydrogens is 486 g/mol. The van der Waals surface area contributed by atoms with Crippen LogP contribution in [0.5, 0.6) is 0 Å². The molecule has 0 radical (unpaired) electrons. The average Bonchev–Trinajstić information content (AvgIpc) is 3.17. The van der Waals surface area contributed by atoms with Crippen LogP contribution in [0.2, 0.25) is 5.02 Å². The first-order valence-corrected chi connectivity index (χ1v) is 12.9. The highest BCUT2D eigenvalue weighted by Crippen LogP contribution is 2.48. The highest BCUT2D eigenvalue weighted by molar-refractivity contribution is 6.30. The van der Waals surface area contributed by atoms with Crippen LogP contribution in [0.1, 0.15) is 49.3 Å². The molecule has 1 N–H and O–H groups in total. The maximum Gasteiger partial charge on any atom is 0.337 e. The summed E-state index contributed by atoms with van der Waals surface area (Å²) in [7, 11) is 0. The van der Waals surface area contributed by atoms with Gasteiger partial charge in [0.2, 0.25) is 0 Å². The fourth-order valence-corrected chi connectivity index (χ4v) is 5.60. The minimum absolute atomic E-state index is 0.633. The average molecular weight is 518 g/mol. The van der Waals surface area contributed by atoms with Crippen LogP contribution in [-0.2, 0) is 22.6 Å². The molecule has 1 aliphatic rings. The summed E-state index contributed by atoms with van der Waals surface area (Å²) < 4.78 is 8.60. The molecule has 2 aromatic heterocycles. The Morgan fingerprint density at radius 3 is 2.41 bits per heavy atom. The number of aryl methyl sites for hydroxylation is 1. The molecule has 6 nitrogen and oxygen atoms in total. The maximum absolute atomic E-state index is 12.8. The number of hydrogen-bond donors (Lipinski definition) is 1. The van der Waals surface area contributed by atoms with Crippen LogP contribution in [0.15, 0.2) is 54.9 Å². The van der Waals surface area contributed by atoms with E-state index in [2.05, 4.69) is 27.4 Å². The Morgan fingerprint density at radius 2 is 1.78 bits per heavy atom. The number of aromatic nitrogens is 2. The minimum atomic E-state index is -1.14. The minimum Gasteiger partial charge on any atom is -0.479 e. The zero-order chi connectivity index (χ0) is 26.5. The van der Waals surface area contributed by atoms with Crippen molar-refractivity contribution >= 4 is 34.2 Å².